The summed E-state index contributed by atoms with van der Waals surface area (Å²) in [5.74, 6) is -0.576. The van der Waals surface area contributed by atoms with Crippen LogP contribution < -0.4 is 5.09 Å². The molecule has 1 N–H and O–H groups in total. The molecule has 7 heavy (non-hydrogen) atoms. The highest BCUT2D eigenvalue weighted by Gasteiger charge is 1.91. The van der Waals surface area contributed by atoms with Crippen molar-refractivity contribution in [1.29, 1.82) is 0 Å². The van der Waals surface area contributed by atoms with Crippen LogP contribution in [0.15, 0.2) is 0 Å². The smallest absolute Gasteiger partial charge is 0.274 e. The molecule has 0 unspecified atom stereocenters. The molecule has 0 aromatic carbocycles. The third-order valence-electron chi connectivity index (χ3n) is 0.292. The Balaban J connectivity index is 3.17. The van der Waals surface area contributed by atoms with E-state index in [4.69, 9.17) is 11.6 Å². The third-order valence-corrected chi connectivity index (χ3v) is 0.875. The number of carbonyl (C=O) groups excluding carboxylic acids is 1. The number of nitrogens with one attached hydrogen (secondary N) is 1. The van der Waals surface area contributed by atoms with E-state index in [1.165, 1.54) is 0 Å². The van der Waals surface area contributed by atoms with Crippen LogP contribution in [0.25, 0.3) is 0 Å². The Morgan fingerprint density at radius 2 is 2.43 bits per heavy atom. The Morgan fingerprint density at radius 3 is 2.57 bits per heavy atom. The van der Waals surface area contributed by atoms with Crippen molar-refractivity contribution in [3.63, 3.8) is 0 Å². The van der Waals surface area contributed by atoms with Crippen LogP contribution in [0.2, 0.25) is 0 Å². The summed E-state index contributed by atoms with van der Waals surface area (Å²) in [5.41, 5.74) is 0. The zero-order valence-electron chi connectivity index (χ0n) is 3.35. The molecular formula is C2H3ClNO2P. The molecule has 0 bridgehead atoms. The van der Waals surface area contributed by atoms with Crippen LogP contribution in [0, 0.1) is 0 Å². The van der Waals surface area contributed by atoms with Crippen LogP contribution in [0.5, 0.6) is 0 Å². The Labute approximate surface area is 47.3 Å². The number of hydrogen-bond donors (Lipinski definition) is 1. The SMILES string of the molecule is O=PNC(=O)CCl. The maximum absolute atomic E-state index is 9.96. The lowest BCUT2D eigenvalue weighted by molar-refractivity contribution is -0.116. The lowest BCUT2D eigenvalue weighted by atomic mass is 10.8. The summed E-state index contributed by atoms with van der Waals surface area (Å²) in [4.78, 5) is 9.96. The first-order valence-corrected chi connectivity index (χ1v) is 2.83. The number of alkyl halides is 1. The van der Waals surface area contributed by atoms with Gasteiger partial charge in [-0.2, -0.15) is 0 Å². The Morgan fingerprint density at radius 1 is 1.86 bits per heavy atom. The van der Waals surface area contributed by atoms with Gasteiger partial charge >= 0.3 is 0 Å². The average molecular weight is 139 g/mol. The number of amides is 1. The highest BCUT2D eigenvalue weighted by Crippen LogP contribution is 1.81. The first-order chi connectivity index (χ1) is 3.31. The van der Waals surface area contributed by atoms with Gasteiger partial charge in [0.2, 0.25) is 5.91 Å². The molecule has 1 amide bonds. The highest BCUT2D eigenvalue weighted by molar-refractivity contribution is 7.22. The predicted octanol–water partition coefficient (Wildman–Crippen LogP) is 0.548. The van der Waals surface area contributed by atoms with Crippen LogP contribution in [0.4, 0.5) is 0 Å². The van der Waals surface area contributed by atoms with Crippen molar-refractivity contribution in [3.05, 3.63) is 0 Å². The van der Waals surface area contributed by atoms with E-state index < -0.39 is 14.5 Å². The van der Waals surface area contributed by atoms with Crippen molar-refractivity contribution in [2.75, 3.05) is 5.88 Å². The summed E-state index contributed by atoms with van der Waals surface area (Å²) in [6.07, 6.45) is 0. The zero-order chi connectivity index (χ0) is 5.70. The van der Waals surface area contributed by atoms with Crippen molar-refractivity contribution in [3.8, 4) is 0 Å². The minimum atomic E-state index is -0.432. The summed E-state index contributed by atoms with van der Waals surface area (Å²) in [7, 11) is -0.394. The predicted molar refractivity (Wildman–Crippen MR) is 26.5 cm³/mol. The van der Waals surface area contributed by atoms with Gasteiger partial charge in [-0.15, -0.1) is 11.6 Å². The van der Waals surface area contributed by atoms with E-state index in [2.05, 4.69) is 0 Å². The van der Waals surface area contributed by atoms with Crippen LogP contribution in [-0.2, 0) is 9.36 Å². The molecule has 0 aliphatic heterocycles. The van der Waals surface area contributed by atoms with Crippen LogP contribution in [0.3, 0.4) is 0 Å². The van der Waals surface area contributed by atoms with Crippen molar-refractivity contribution in [2.24, 2.45) is 0 Å². The van der Waals surface area contributed by atoms with Gasteiger partial charge in [-0.1, -0.05) is 0 Å². The number of halogens is 1. The summed E-state index contributed by atoms with van der Waals surface area (Å²) < 4.78 is 9.48. The normalized spacial score (nSPS) is 8.71. The molecular weight excluding hydrogens is 136 g/mol. The van der Waals surface area contributed by atoms with Crippen LogP contribution in [-0.4, -0.2) is 11.8 Å². The molecule has 0 saturated heterocycles. The van der Waals surface area contributed by atoms with E-state index in [1.807, 2.05) is 5.09 Å². The maximum Gasteiger partial charge on any atom is 0.281 e. The molecule has 0 radical (unpaired) electrons. The molecule has 0 rings (SSSR count). The molecule has 0 aliphatic carbocycles. The minimum absolute atomic E-state index is 0.144. The molecule has 40 valence electrons. The van der Waals surface area contributed by atoms with E-state index in [1.54, 1.807) is 0 Å². The monoisotopic (exact) mass is 139 g/mol. The molecule has 0 atom stereocenters. The summed E-state index contributed by atoms with van der Waals surface area (Å²) in [6, 6.07) is 0. The Kier molecular flexibility index (Phi) is 3.95. The van der Waals surface area contributed by atoms with Gasteiger partial charge in [0.25, 0.3) is 8.61 Å². The molecule has 0 heterocycles. The van der Waals surface area contributed by atoms with Crippen LogP contribution in [0.1, 0.15) is 0 Å². The average Bonchev–Trinajstić information content (AvgIpc) is 1.68. The Hall–Kier alpha value is -0.140. The van der Waals surface area contributed by atoms with E-state index in [0.717, 1.165) is 0 Å². The number of carbonyl (C=O) groups is 1. The lowest BCUT2D eigenvalue weighted by Crippen LogP contribution is -2.12. The van der Waals surface area contributed by atoms with E-state index >= 15 is 0 Å². The number of hydrogen-bond acceptors (Lipinski definition) is 2. The van der Waals surface area contributed by atoms with Crippen LogP contribution >= 0.6 is 20.2 Å². The molecule has 0 aliphatic rings. The lowest BCUT2D eigenvalue weighted by Gasteiger charge is -1.83. The largest absolute Gasteiger partial charge is 0.281 e. The fourth-order valence-corrected chi connectivity index (χ4v) is 0.422. The maximum atomic E-state index is 9.96. The molecule has 5 heteroatoms. The molecule has 0 aromatic rings. The Bertz CT molecular complexity index is 85.8. The first kappa shape index (κ1) is 6.86. The van der Waals surface area contributed by atoms with Crippen molar-refractivity contribution < 1.29 is 9.36 Å². The quantitative estimate of drug-likeness (QED) is 0.449. The van der Waals surface area contributed by atoms with Gasteiger partial charge in [-0.05, 0) is 0 Å². The second-order valence-corrected chi connectivity index (χ2v) is 1.43. The summed E-state index contributed by atoms with van der Waals surface area (Å²) in [6.45, 7) is 0. The van der Waals surface area contributed by atoms with E-state index in [0.29, 0.717) is 0 Å². The fraction of sp³-hybridized carbons (Fsp3) is 0.500. The van der Waals surface area contributed by atoms with E-state index in [9.17, 15) is 9.36 Å². The van der Waals surface area contributed by atoms with Gasteiger partial charge in [-0.3, -0.25) is 9.88 Å². The molecule has 0 saturated carbocycles. The van der Waals surface area contributed by atoms with Crippen molar-refractivity contribution in [1.82, 2.24) is 5.09 Å². The van der Waals surface area contributed by atoms with E-state index in [-0.39, 0.29) is 5.88 Å². The zero-order valence-corrected chi connectivity index (χ0v) is 5.00. The minimum Gasteiger partial charge on any atom is -0.274 e. The third kappa shape index (κ3) is 3.70. The topological polar surface area (TPSA) is 46.2 Å². The van der Waals surface area contributed by atoms with Gasteiger partial charge < -0.3 is 0 Å². The van der Waals surface area contributed by atoms with Gasteiger partial charge in [0.1, 0.15) is 5.88 Å². The van der Waals surface area contributed by atoms with Crippen molar-refractivity contribution in [2.45, 2.75) is 0 Å². The molecule has 0 aromatic heterocycles. The second-order valence-electron chi connectivity index (χ2n) is 0.760. The molecule has 0 fully saturated rings. The first-order valence-electron chi connectivity index (χ1n) is 1.48. The standard InChI is InChI=1S/C2H3ClNO2P/c3-1-2(5)4-7-6/h1H2,(H,4,5,6). The molecule has 3 nitrogen and oxygen atoms in total. The van der Waals surface area contributed by atoms with Crippen molar-refractivity contribution >= 4 is 26.1 Å². The number of rotatable bonds is 2. The second kappa shape index (κ2) is 4.03. The fourth-order valence-electron chi connectivity index (χ4n) is 0.0808. The highest BCUT2D eigenvalue weighted by atomic mass is 35.5. The van der Waals surface area contributed by atoms with Gasteiger partial charge in [0.15, 0.2) is 0 Å². The molecule has 0 spiro atoms. The summed E-state index contributed by atoms with van der Waals surface area (Å²) >= 11 is 4.98. The van der Waals surface area contributed by atoms with Gasteiger partial charge in [0.05, 0.1) is 0 Å². The van der Waals surface area contributed by atoms with Gasteiger partial charge in [-0.25, -0.2) is 4.57 Å². The summed E-state index contributed by atoms with van der Waals surface area (Å²) in [5, 5.41) is 1.94. The van der Waals surface area contributed by atoms with Gasteiger partial charge in [0, 0.05) is 0 Å².